The van der Waals surface area contributed by atoms with Gasteiger partial charge in [0.05, 0.1) is 12.5 Å². The molecule has 0 radical (unpaired) electrons. The van der Waals surface area contributed by atoms with Crippen molar-refractivity contribution in [2.45, 2.75) is 38.7 Å². The van der Waals surface area contributed by atoms with Crippen LogP contribution in [-0.4, -0.2) is 60.5 Å². The van der Waals surface area contributed by atoms with E-state index in [4.69, 9.17) is 4.74 Å². The number of nitrogens with zero attached hydrogens (tertiary/aromatic N) is 2. The number of ether oxygens (including phenoxy) is 1. The average molecular weight is 330 g/mol. The minimum absolute atomic E-state index is 0.0569. The Morgan fingerprint density at radius 3 is 2.54 bits per heavy atom. The number of amides is 2. The lowest BCUT2D eigenvalue weighted by molar-refractivity contribution is -0.136. The number of aryl methyl sites for hydroxylation is 1. The maximum Gasteiger partial charge on any atom is 0.253 e. The van der Waals surface area contributed by atoms with Gasteiger partial charge in [-0.15, -0.1) is 0 Å². The van der Waals surface area contributed by atoms with E-state index >= 15 is 0 Å². The molecule has 2 fully saturated rings. The summed E-state index contributed by atoms with van der Waals surface area (Å²) < 4.78 is 5.66. The van der Waals surface area contributed by atoms with E-state index in [0.29, 0.717) is 32.6 Å². The minimum atomic E-state index is 0.0569. The normalized spacial score (nSPS) is 21.6. The van der Waals surface area contributed by atoms with Gasteiger partial charge in [-0.05, 0) is 38.3 Å². The molecule has 0 bridgehead atoms. The molecule has 5 heteroatoms. The molecule has 0 saturated carbocycles. The van der Waals surface area contributed by atoms with Gasteiger partial charge in [-0.25, -0.2) is 0 Å². The van der Waals surface area contributed by atoms with Crippen LogP contribution in [0.3, 0.4) is 0 Å². The van der Waals surface area contributed by atoms with Crippen molar-refractivity contribution in [1.29, 1.82) is 0 Å². The van der Waals surface area contributed by atoms with Crippen molar-refractivity contribution in [2.75, 3.05) is 32.8 Å². The molecule has 0 aliphatic carbocycles. The highest BCUT2D eigenvalue weighted by molar-refractivity contribution is 5.94. The van der Waals surface area contributed by atoms with Crippen LogP contribution in [0.4, 0.5) is 0 Å². The van der Waals surface area contributed by atoms with Crippen molar-refractivity contribution in [3.05, 3.63) is 35.4 Å². The van der Waals surface area contributed by atoms with E-state index in [2.05, 4.69) is 0 Å². The highest BCUT2D eigenvalue weighted by Gasteiger charge is 2.27. The van der Waals surface area contributed by atoms with Gasteiger partial charge >= 0.3 is 0 Å². The quantitative estimate of drug-likeness (QED) is 0.854. The van der Waals surface area contributed by atoms with Gasteiger partial charge in [0.25, 0.3) is 5.91 Å². The SMILES string of the molecule is Cc1cccc(C(=O)N2CCN(C(=O)CC3CCCCO3)CC2)c1. The zero-order valence-electron chi connectivity index (χ0n) is 14.4. The van der Waals surface area contributed by atoms with E-state index in [0.717, 1.165) is 37.0 Å². The number of piperazine rings is 1. The Morgan fingerprint density at radius 1 is 1.12 bits per heavy atom. The van der Waals surface area contributed by atoms with Crippen LogP contribution in [0, 0.1) is 6.92 Å². The largest absolute Gasteiger partial charge is 0.378 e. The molecule has 5 nitrogen and oxygen atoms in total. The highest BCUT2D eigenvalue weighted by atomic mass is 16.5. The Bertz CT molecular complexity index is 588. The number of carbonyl (C=O) groups excluding carboxylic acids is 2. The van der Waals surface area contributed by atoms with E-state index in [1.807, 2.05) is 41.0 Å². The maximum absolute atomic E-state index is 12.5. The van der Waals surface area contributed by atoms with Crippen molar-refractivity contribution < 1.29 is 14.3 Å². The summed E-state index contributed by atoms with van der Waals surface area (Å²) >= 11 is 0. The summed E-state index contributed by atoms with van der Waals surface area (Å²) in [6.07, 6.45) is 3.79. The molecule has 2 saturated heterocycles. The van der Waals surface area contributed by atoms with Crippen LogP contribution in [0.15, 0.2) is 24.3 Å². The first-order chi connectivity index (χ1) is 11.6. The smallest absolute Gasteiger partial charge is 0.253 e. The van der Waals surface area contributed by atoms with Gasteiger partial charge in [-0.3, -0.25) is 9.59 Å². The summed E-state index contributed by atoms with van der Waals surface area (Å²) in [4.78, 5) is 28.7. The van der Waals surface area contributed by atoms with Crippen molar-refractivity contribution in [3.8, 4) is 0 Å². The summed E-state index contributed by atoms with van der Waals surface area (Å²) in [6.45, 7) is 5.19. The molecular weight excluding hydrogens is 304 g/mol. The molecule has 1 atom stereocenters. The van der Waals surface area contributed by atoms with Crippen LogP contribution < -0.4 is 0 Å². The third kappa shape index (κ3) is 4.15. The average Bonchev–Trinajstić information content (AvgIpc) is 2.62. The lowest BCUT2D eigenvalue weighted by Gasteiger charge is -2.35. The molecule has 0 spiro atoms. The molecule has 2 aliphatic rings. The van der Waals surface area contributed by atoms with Crippen molar-refractivity contribution in [2.24, 2.45) is 0 Å². The molecular formula is C19H26N2O3. The molecule has 2 aliphatic heterocycles. The molecule has 3 rings (SSSR count). The molecule has 2 amide bonds. The summed E-state index contributed by atoms with van der Waals surface area (Å²) in [5.41, 5.74) is 1.81. The van der Waals surface area contributed by atoms with Gasteiger partial charge in [0, 0.05) is 38.3 Å². The first-order valence-electron chi connectivity index (χ1n) is 8.89. The van der Waals surface area contributed by atoms with Gasteiger partial charge in [-0.2, -0.15) is 0 Å². The van der Waals surface area contributed by atoms with Crippen LogP contribution in [0.2, 0.25) is 0 Å². The van der Waals surface area contributed by atoms with Crippen LogP contribution in [-0.2, 0) is 9.53 Å². The fraction of sp³-hybridized carbons (Fsp3) is 0.579. The number of benzene rings is 1. The molecule has 1 aromatic rings. The molecule has 1 unspecified atom stereocenters. The summed E-state index contributed by atoms with van der Waals surface area (Å²) in [5, 5.41) is 0. The van der Waals surface area contributed by atoms with Crippen LogP contribution in [0.5, 0.6) is 0 Å². The zero-order valence-corrected chi connectivity index (χ0v) is 14.4. The second-order valence-electron chi connectivity index (χ2n) is 6.74. The first-order valence-corrected chi connectivity index (χ1v) is 8.89. The van der Waals surface area contributed by atoms with E-state index in [1.165, 1.54) is 0 Å². The second-order valence-corrected chi connectivity index (χ2v) is 6.74. The summed E-state index contributed by atoms with van der Waals surface area (Å²) in [7, 11) is 0. The molecule has 0 aromatic heterocycles. The second kappa shape index (κ2) is 7.79. The van der Waals surface area contributed by atoms with Gasteiger partial charge in [0.1, 0.15) is 0 Å². The summed E-state index contributed by atoms with van der Waals surface area (Å²) in [6, 6.07) is 7.67. The maximum atomic E-state index is 12.5. The predicted molar refractivity (Wildman–Crippen MR) is 91.9 cm³/mol. The zero-order chi connectivity index (χ0) is 16.9. The number of hydrogen-bond donors (Lipinski definition) is 0. The Balaban J connectivity index is 1.50. The van der Waals surface area contributed by atoms with Crippen LogP contribution >= 0.6 is 0 Å². The fourth-order valence-corrected chi connectivity index (χ4v) is 3.41. The predicted octanol–water partition coefficient (Wildman–Crippen LogP) is 2.24. The Kier molecular flexibility index (Phi) is 5.51. The molecule has 0 N–H and O–H groups in total. The molecule has 2 heterocycles. The van der Waals surface area contributed by atoms with Crippen molar-refractivity contribution in [1.82, 2.24) is 9.80 Å². The number of rotatable bonds is 3. The standard InChI is InChI=1S/C19H26N2O3/c1-15-5-4-6-16(13-15)19(23)21-10-8-20(9-11-21)18(22)14-17-7-2-3-12-24-17/h4-6,13,17H,2-3,7-12,14H2,1H3. The van der Waals surface area contributed by atoms with Gasteiger partial charge in [0.15, 0.2) is 0 Å². The van der Waals surface area contributed by atoms with Crippen LogP contribution in [0.25, 0.3) is 0 Å². The number of carbonyl (C=O) groups is 2. The first kappa shape index (κ1) is 17.0. The third-order valence-corrected chi connectivity index (χ3v) is 4.86. The molecule has 24 heavy (non-hydrogen) atoms. The van der Waals surface area contributed by atoms with E-state index in [1.54, 1.807) is 0 Å². The molecule has 1 aromatic carbocycles. The Morgan fingerprint density at radius 2 is 1.88 bits per heavy atom. The Labute approximate surface area is 143 Å². The van der Waals surface area contributed by atoms with E-state index < -0.39 is 0 Å². The van der Waals surface area contributed by atoms with Crippen LogP contribution in [0.1, 0.15) is 41.6 Å². The van der Waals surface area contributed by atoms with Gasteiger partial charge < -0.3 is 14.5 Å². The monoisotopic (exact) mass is 330 g/mol. The Hall–Kier alpha value is -1.88. The lowest BCUT2D eigenvalue weighted by Crippen LogP contribution is -2.51. The van der Waals surface area contributed by atoms with E-state index in [9.17, 15) is 9.59 Å². The van der Waals surface area contributed by atoms with E-state index in [-0.39, 0.29) is 17.9 Å². The fourth-order valence-electron chi connectivity index (χ4n) is 3.41. The van der Waals surface area contributed by atoms with Gasteiger partial charge in [-0.1, -0.05) is 17.7 Å². The highest BCUT2D eigenvalue weighted by Crippen LogP contribution is 2.17. The molecule has 130 valence electrons. The van der Waals surface area contributed by atoms with Crippen molar-refractivity contribution in [3.63, 3.8) is 0 Å². The summed E-state index contributed by atoms with van der Waals surface area (Å²) in [5.74, 6) is 0.214. The van der Waals surface area contributed by atoms with Crippen molar-refractivity contribution >= 4 is 11.8 Å². The van der Waals surface area contributed by atoms with Gasteiger partial charge in [0.2, 0.25) is 5.91 Å². The minimum Gasteiger partial charge on any atom is -0.378 e. The third-order valence-electron chi connectivity index (χ3n) is 4.86. The lowest BCUT2D eigenvalue weighted by atomic mass is 10.1. The number of hydrogen-bond acceptors (Lipinski definition) is 3. The topological polar surface area (TPSA) is 49.9 Å².